The van der Waals surface area contributed by atoms with Gasteiger partial charge < -0.3 is 11.1 Å². The van der Waals surface area contributed by atoms with E-state index >= 15 is 0 Å². The predicted molar refractivity (Wildman–Crippen MR) is 98.4 cm³/mol. The van der Waals surface area contributed by atoms with Crippen LogP contribution in [0.25, 0.3) is 11.3 Å². The molecule has 2 aromatic rings. The van der Waals surface area contributed by atoms with Crippen LogP contribution in [0.4, 0.5) is 5.13 Å². The summed E-state index contributed by atoms with van der Waals surface area (Å²) < 4.78 is 0. The van der Waals surface area contributed by atoms with Gasteiger partial charge in [-0.25, -0.2) is 4.98 Å². The first kappa shape index (κ1) is 18.2. The standard InChI is InChI=1S/C16H18ClN3OS.ClH/c17-12-7-3-2-6-11(12)13-10-22-15(19-13)20-14(21)16(18)8-4-1-5-9-16;/h2-3,6-7,10H,1,4-5,8-9,18H2,(H,19,20,21);1H. The van der Waals surface area contributed by atoms with Crippen molar-refractivity contribution in [3.63, 3.8) is 0 Å². The number of hydrogen-bond donors (Lipinski definition) is 2. The van der Waals surface area contributed by atoms with E-state index in [2.05, 4.69) is 10.3 Å². The number of nitrogens with one attached hydrogen (secondary N) is 1. The summed E-state index contributed by atoms with van der Waals surface area (Å²) in [5.74, 6) is -0.132. The third-order valence-electron chi connectivity index (χ3n) is 4.07. The van der Waals surface area contributed by atoms with Crippen molar-refractivity contribution in [1.29, 1.82) is 0 Å². The lowest BCUT2D eigenvalue weighted by molar-refractivity contribution is -0.122. The Hall–Kier alpha value is -1.14. The quantitative estimate of drug-likeness (QED) is 0.834. The highest BCUT2D eigenvalue weighted by Crippen LogP contribution is 2.31. The molecule has 1 aliphatic carbocycles. The number of thiazole rings is 1. The largest absolute Gasteiger partial charge is 0.317 e. The minimum Gasteiger partial charge on any atom is -0.317 e. The lowest BCUT2D eigenvalue weighted by Gasteiger charge is -2.31. The lowest BCUT2D eigenvalue weighted by Crippen LogP contribution is -2.52. The number of nitrogens with zero attached hydrogens (tertiary/aromatic N) is 1. The molecule has 0 aliphatic heterocycles. The third kappa shape index (κ3) is 4.04. The first-order chi connectivity index (χ1) is 10.6. The van der Waals surface area contributed by atoms with Crippen LogP contribution in [0.3, 0.4) is 0 Å². The summed E-state index contributed by atoms with van der Waals surface area (Å²) in [7, 11) is 0. The van der Waals surface area contributed by atoms with Crippen molar-refractivity contribution in [2.45, 2.75) is 37.6 Å². The van der Waals surface area contributed by atoms with Crippen LogP contribution in [0.2, 0.25) is 5.02 Å². The van der Waals surface area contributed by atoms with Crippen molar-refractivity contribution in [3.05, 3.63) is 34.7 Å². The van der Waals surface area contributed by atoms with E-state index in [1.807, 2.05) is 29.6 Å². The molecule has 0 atom stereocenters. The number of nitrogens with two attached hydrogens (primary N) is 1. The SMILES string of the molecule is Cl.NC1(C(=O)Nc2nc(-c3ccccc3Cl)cs2)CCCCC1. The van der Waals surface area contributed by atoms with Crippen molar-refractivity contribution in [2.24, 2.45) is 5.73 Å². The molecule has 1 heterocycles. The average Bonchev–Trinajstić information content (AvgIpc) is 2.97. The molecular formula is C16H19Cl2N3OS. The zero-order valence-corrected chi connectivity index (χ0v) is 14.9. The Labute approximate surface area is 150 Å². The molecule has 1 aromatic heterocycles. The maximum absolute atomic E-state index is 12.4. The summed E-state index contributed by atoms with van der Waals surface area (Å²) in [6, 6.07) is 7.53. The number of aromatic nitrogens is 1. The maximum Gasteiger partial charge on any atom is 0.246 e. The molecule has 3 N–H and O–H groups in total. The molecular weight excluding hydrogens is 353 g/mol. The van der Waals surface area contributed by atoms with E-state index in [1.165, 1.54) is 11.3 Å². The highest BCUT2D eigenvalue weighted by molar-refractivity contribution is 7.14. The van der Waals surface area contributed by atoms with Gasteiger partial charge in [0.2, 0.25) is 5.91 Å². The van der Waals surface area contributed by atoms with Crippen LogP contribution in [0, 0.1) is 0 Å². The molecule has 1 amide bonds. The van der Waals surface area contributed by atoms with E-state index in [1.54, 1.807) is 0 Å². The highest BCUT2D eigenvalue weighted by Gasteiger charge is 2.35. The van der Waals surface area contributed by atoms with Crippen molar-refractivity contribution in [1.82, 2.24) is 4.98 Å². The zero-order valence-electron chi connectivity index (χ0n) is 12.5. The van der Waals surface area contributed by atoms with Crippen LogP contribution >= 0.6 is 35.3 Å². The third-order valence-corrected chi connectivity index (χ3v) is 5.16. The molecule has 1 saturated carbocycles. The van der Waals surface area contributed by atoms with Crippen LogP contribution < -0.4 is 11.1 Å². The fraction of sp³-hybridized carbons (Fsp3) is 0.375. The van der Waals surface area contributed by atoms with E-state index in [0.29, 0.717) is 10.2 Å². The van der Waals surface area contributed by atoms with Crippen LogP contribution in [0.5, 0.6) is 0 Å². The Bertz CT molecular complexity index is 683. The molecule has 124 valence electrons. The number of benzene rings is 1. The summed E-state index contributed by atoms with van der Waals surface area (Å²) in [6.07, 6.45) is 4.64. The molecule has 0 unspecified atom stereocenters. The van der Waals surface area contributed by atoms with Gasteiger partial charge in [0.05, 0.1) is 11.2 Å². The summed E-state index contributed by atoms with van der Waals surface area (Å²) in [6.45, 7) is 0. The molecule has 23 heavy (non-hydrogen) atoms. The summed E-state index contributed by atoms with van der Waals surface area (Å²) in [4.78, 5) is 16.9. The maximum atomic E-state index is 12.4. The van der Waals surface area contributed by atoms with Crippen molar-refractivity contribution in [3.8, 4) is 11.3 Å². The summed E-state index contributed by atoms with van der Waals surface area (Å²) in [5.41, 5.74) is 7.11. The van der Waals surface area contributed by atoms with Crippen molar-refractivity contribution < 1.29 is 4.79 Å². The van der Waals surface area contributed by atoms with Crippen LogP contribution in [-0.4, -0.2) is 16.4 Å². The Morgan fingerprint density at radius 1 is 1.26 bits per heavy atom. The average molecular weight is 372 g/mol. The van der Waals surface area contributed by atoms with E-state index in [0.717, 1.165) is 43.4 Å². The highest BCUT2D eigenvalue weighted by atomic mass is 35.5. The molecule has 0 bridgehead atoms. The van der Waals surface area contributed by atoms with E-state index in [4.69, 9.17) is 17.3 Å². The van der Waals surface area contributed by atoms with E-state index in [9.17, 15) is 4.79 Å². The van der Waals surface area contributed by atoms with Gasteiger partial charge in [-0.3, -0.25) is 4.79 Å². The summed E-state index contributed by atoms with van der Waals surface area (Å²) >= 11 is 7.56. The molecule has 1 fully saturated rings. The van der Waals surface area contributed by atoms with Gasteiger partial charge in [-0.15, -0.1) is 23.7 Å². The number of rotatable bonds is 3. The van der Waals surface area contributed by atoms with Gasteiger partial charge in [-0.05, 0) is 18.9 Å². The van der Waals surface area contributed by atoms with Crippen molar-refractivity contribution in [2.75, 3.05) is 5.32 Å². The molecule has 0 saturated heterocycles. The number of anilines is 1. The van der Waals surface area contributed by atoms with Gasteiger partial charge in [0.15, 0.2) is 5.13 Å². The fourth-order valence-electron chi connectivity index (χ4n) is 2.76. The monoisotopic (exact) mass is 371 g/mol. The van der Waals surface area contributed by atoms with Gasteiger partial charge >= 0.3 is 0 Å². The van der Waals surface area contributed by atoms with Gasteiger partial charge in [0.25, 0.3) is 0 Å². The van der Waals surface area contributed by atoms with Crippen LogP contribution in [0.15, 0.2) is 29.6 Å². The minimum atomic E-state index is -0.755. The first-order valence-corrected chi connectivity index (χ1v) is 8.65. The Morgan fingerprint density at radius 3 is 2.65 bits per heavy atom. The van der Waals surface area contributed by atoms with Gasteiger partial charge in [0.1, 0.15) is 0 Å². The summed E-state index contributed by atoms with van der Waals surface area (Å²) in [5, 5.41) is 5.96. The van der Waals surface area contributed by atoms with E-state index < -0.39 is 5.54 Å². The molecule has 0 spiro atoms. The molecule has 1 aliphatic rings. The van der Waals surface area contributed by atoms with Gasteiger partial charge in [-0.2, -0.15) is 0 Å². The predicted octanol–water partition coefficient (Wildman–Crippen LogP) is 4.49. The Balaban J connectivity index is 0.00000192. The van der Waals surface area contributed by atoms with Crippen LogP contribution in [0.1, 0.15) is 32.1 Å². The number of hydrogen-bond acceptors (Lipinski definition) is 4. The number of carbonyl (C=O) groups excluding carboxylic acids is 1. The lowest BCUT2D eigenvalue weighted by atomic mass is 9.82. The van der Waals surface area contributed by atoms with Gasteiger partial charge in [-0.1, -0.05) is 49.1 Å². The van der Waals surface area contributed by atoms with E-state index in [-0.39, 0.29) is 18.3 Å². The normalized spacial score (nSPS) is 16.4. The smallest absolute Gasteiger partial charge is 0.246 e. The second-order valence-corrected chi connectivity index (χ2v) is 6.95. The molecule has 7 heteroatoms. The Morgan fingerprint density at radius 2 is 1.96 bits per heavy atom. The molecule has 3 rings (SSSR count). The molecule has 4 nitrogen and oxygen atoms in total. The topological polar surface area (TPSA) is 68.0 Å². The second kappa shape index (κ2) is 7.62. The Kier molecular flexibility index (Phi) is 6.03. The van der Waals surface area contributed by atoms with Crippen molar-refractivity contribution >= 4 is 46.4 Å². The number of carbonyl (C=O) groups is 1. The number of halogens is 2. The van der Waals surface area contributed by atoms with Crippen LogP contribution in [-0.2, 0) is 4.79 Å². The molecule has 1 aromatic carbocycles. The van der Waals surface area contributed by atoms with Gasteiger partial charge in [0, 0.05) is 16.0 Å². The fourth-order valence-corrected chi connectivity index (χ4v) is 3.69. The second-order valence-electron chi connectivity index (χ2n) is 5.69. The zero-order chi connectivity index (χ0) is 15.6. The number of amides is 1. The molecule has 0 radical (unpaired) electrons. The minimum absolute atomic E-state index is 0. The first-order valence-electron chi connectivity index (χ1n) is 7.39.